The van der Waals surface area contributed by atoms with Gasteiger partial charge in [0.25, 0.3) is 0 Å². The van der Waals surface area contributed by atoms with Crippen LogP contribution in [0.1, 0.15) is 11.1 Å². The molecule has 2 aromatic carbocycles. The lowest BCUT2D eigenvalue weighted by molar-refractivity contribution is 0.879. The van der Waals surface area contributed by atoms with Gasteiger partial charge in [-0.05, 0) is 31.5 Å². The Kier molecular flexibility index (Phi) is 2.92. The number of rotatable bonds is 2. The summed E-state index contributed by atoms with van der Waals surface area (Å²) in [4.78, 5) is 0. The zero-order valence-corrected chi connectivity index (χ0v) is 11.2. The predicted octanol–water partition coefficient (Wildman–Crippen LogP) is 4.16. The van der Waals surface area contributed by atoms with Crippen LogP contribution in [-0.4, -0.2) is 9.78 Å². The van der Waals surface area contributed by atoms with Crippen molar-refractivity contribution in [2.45, 2.75) is 13.8 Å². The Morgan fingerprint density at radius 1 is 0.895 bits per heavy atom. The Bertz CT molecular complexity index is 696. The van der Waals surface area contributed by atoms with Gasteiger partial charge in [0, 0.05) is 5.56 Å². The van der Waals surface area contributed by atoms with Crippen LogP contribution in [0, 0.1) is 13.8 Å². The van der Waals surface area contributed by atoms with Crippen LogP contribution < -0.4 is 0 Å². The number of aryl methyl sites for hydroxylation is 2. The van der Waals surface area contributed by atoms with Crippen molar-refractivity contribution in [2.75, 3.05) is 0 Å². The van der Waals surface area contributed by atoms with E-state index in [1.54, 1.807) is 0 Å². The van der Waals surface area contributed by atoms with Gasteiger partial charge < -0.3 is 0 Å². The largest absolute Gasteiger partial charge is 0.233 e. The van der Waals surface area contributed by atoms with E-state index in [0.717, 1.165) is 11.4 Å². The van der Waals surface area contributed by atoms with Crippen LogP contribution >= 0.6 is 0 Å². The van der Waals surface area contributed by atoms with Gasteiger partial charge in [0.05, 0.1) is 17.6 Å². The lowest BCUT2D eigenvalue weighted by atomic mass is 10.1. The smallest absolute Gasteiger partial charge is 0.0741 e. The zero-order chi connectivity index (χ0) is 13.2. The lowest BCUT2D eigenvalue weighted by Gasteiger charge is -2.11. The molecule has 0 spiro atoms. The fourth-order valence-corrected chi connectivity index (χ4v) is 2.37. The number of hydrogen-bond acceptors (Lipinski definition) is 1. The van der Waals surface area contributed by atoms with Gasteiger partial charge in [-0.2, -0.15) is 5.10 Å². The zero-order valence-electron chi connectivity index (χ0n) is 11.2. The first-order chi connectivity index (χ1) is 9.25. The van der Waals surface area contributed by atoms with Crippen molar-refractivity contribution in [3.63, 3.8) is 0 Å². The fraction of sp³-hybridized carbons (Fsp3) is 0.118. The summed E-state index contributed by atoms with van der Waals surface area (Å²) in [5.74, 6) is 0. The van der Waals surface area contributed by atoms with E-state index in [2.05, 4.69) is 67.5 Å². The molecule has 2 nitrogen and oxygen atoms in total. The van der Waals surface area contributed by atoms with Crippen LogP contribution in [0.2, 0.25) is 0 Å². The maximum absolute atomic E-state index is 4.47. The molecule has 1 aromatic heterocycles. The summed E-state index contributed by atoms with van der Waals surface area (Å²) in [5.41, 5.74) is 5.94. The average Bonchev–Trinajstić information content (AvgIpc) is 2.89. The third kappa shape index (κ3) is 2.17. The van der Waals surface area contributed by atoms with Crippen LogP contribution in [0.4, 0.5) is 0 Å². The molecule has 1 heterocycles. The highest BCUT2D eigenvalue weighted by molar-refractivity contribution is 5.62. The van der Waals surface area contributed by atoms with Crippen molar-refractivity contribution in [2.24, 2.45) is 0 Å². The topological polar surface area (TPSA) is 17.8 Å². The third-order valence-electron chi connectivity index (χ3n) is 3.29. The van der Waals surface area contributed by atoms with Crippen LogP contribution in [-0.2, 0) is 0 Å². The molecular weight excluding hydrogens is 232 g/mol. The van der Waals surface area contributed by atoms with Gasteiger partial charge in [0.1, 0.15) is 0 Å². The van der Waals surface area contributed by atoms with Crippen molar-refractivity contribution >= 4 is 0 Å². The monoisotopic (exact) mass is 248 g/mol. The van der Waals surface area contributed by atoms with E-state index in [-0.39, 0.29) is 0 Å². The molecule has 0 saturated carbocycles. The Hall–Kier alpha value is -2.35. The van der Waals surface area contributed by atoms with E-state index in [1.807, 2.05) is 16.9 Å². The molecule has 3 aromatic rings. The van der Waals surface area contributed by atoms with Crippen molar-refractivity contribution in [3.05, 3.63) is 71.9 Å². The Balaban J connectivity index is 2.15. The predicted molar refractivity (Wildman–Crippen MR) is 78.5 cm³/mol. The number of aromatic nitrogens is 2. The van der Waals surface area contributed by atoms with Crippen molar-refractivity contribution in [1.82, 2.24) is 9.78 Å². The molecule has 2 heteroatoms. The van der Waals surface area contributed by atoms with E-state index in [0.29, 0.717) is 0 Å². The van der Waals surface area contributed by atoms with E-state index >= 15 is 0 Å². The van der Waals surface area contributed by atoms with Crippen molar-refractivity contribution in [1.29, 1.82) is 0 Å². The second-order valence-corrected chi connectivity index (χ2v) is 4.78. The van der Waals surface area contributed by atoms with Crippen molar-refractivity contribution in [3.8, 4) is 16.9 Å². The Morgan fingerprint density at radius 2 is 1.68 bits per heavy atom. The number of hydrogen-bond donors (Lipinski definition) is 0. The van der Waals surface area contributed by atoms with Gasteiger partial charge in [-0.25, -0.2) is 4.68 Å². The van der Waals surface area contributed by atoms with E-state index in [1.165, 1.54) is 16.7 Å². The highest BCUT2D eigenvalue weighted by atomic mass is 15.3. The molecule has 0 atom stereocenters. The fourth-order valence-electron chi connectivity index (χ4n) is 2.37. The lowest BCUT2D eigenvalue weighted by Crippen LogP contribution is -2.01. The summed E-state index contributed by atoms with van der Waals surface area (Å²) in [7, 11) is 0. The molecule has 19 heavy (non-hydrogen) atoms. The van der Waals surface area contributed by atoms with Gasteiger partial charge >= 0.3 is 0 Å². The van der Waals surface area contributed by atoms with Crippen LogP contribution in [0.25, 0.3) is 16.9 Å². The van der Waals surface area contributed by atoms with Gasteiger partial charge in [-0.1, -0.05) is 48.0 Å². The molecule has 0 amide bonds. The highest BCUT2D eigenvalue weighted by Crippen LogP contribution is 2.24. The molecule has 0 aliphatic heterocycles. The summed E-state index contributed by atoms with van der Waals surface area (Å²) < 4.78 is 2.00. The quantitative estimate of drug-likeness (QED) is 0.666. The summed E-state index contributed by atoms with van der Waals surface area (Å²) in [6.45, 7) is 4.23. The number of nitrogens with zero attached hydrogens (tertiary/aromatic N) is 2. The van der Waals surface area contributed by atoms with E-state index in [9.17, 15) is 0 Å². The van der Waals surface area contributed by atoms with Gasteiger partial charge in [-0.15, -0.1) is 0 Å². The van der Waals surface area contributed by atoms with Crippen LogP contribution in [0.15, 0.2) is 60.8 Å². The maximum atomic E-state index is 4.47. The minimum Gasteiger partial charge on any atom is -0.233 e. The molecule has 0 aliphatic rings. The molecule has 3 rings (SSSR count). The first kappa shape index (κ1) is 11.7. The first-order valence-electron chi connectivity index (χ1n) is 6.43. The SMILES string of the molecule is Cc1ccc(-n2nccc2-c2ccccc2)c(C)c1. The van der Waals surface area contributed by atoms with Gasteiger partial charge in [-0.3, -0.25) is 0 Å². The Morgan fingerprint density at radius 3 is 2.42 bits per heavy atom. The van der Waals surface area contributed by atoms with Crippen LogP contribution in [0.3, 0.4) is 0 Å². The summed E-state index contributed by atoms with van der Waals surface area (Å²) >= 11 is 0. The second-order valence-electron chi connectivity index (χ2n) is 4.78. The summed E-state index contributed by atoms with van der Waals surface area (Å²) in [5, 5.41) is 4.47. The maximum Gasteiger partial charge on any atom is 0.0741 e. The van der Waals surface area contributed by atoms with Crippen LogP contribution in [0.5, 0.6) is 0 Å². The van der Waals surface area contributed by atoms with Gasteiger partial charge in [0.15, 0.2) is 0 Å². The minimum absolute atomic E-state index is 1.12. The first-order valence-corrected chi connectivity index (χ1v) is 6.43. The molecule has 0 aliphatic carbocycles. The highest BCUT2D eigenvalue weighted by Gasteiger charge is 2.08. The normalized spacial score (nSPS) is 10.6. The molecule has 0 radical (unpaired) electrons. The van der Waals surface area contributed by atoms with E-state index in [4.69, 9.17) is 0 Å². The molecule has 0 bridgehead atoms. The minimum atomic E-state index is 1.12. The Labute approximate surface area is 113 Å². The molecular formula is C17H16N2. The molecule has 0 unspecified atom stereocenters. The van der Waals surface area contributed by atoms with Gasteiger partial charge in [0.2, 0.25) is 0 Å². The van der Waals surface area contributed by atoms with E-state index < -0.39 is 0 Å². The number of benzene rings is 2. The standard InChI is InChI=1S/C17H16N2/c1-13-8-9-16(14(2)12-13)19-17(10-11-18-19)15-6-4-3-5-7-15/h3-12H,1-2H3. The molecule has 0 fully saturated rings. The third-order valence-corrected chi connectivity index (χ3v) is 3.29. The molecule has 94 valence electrons. The molecule has 0 N–H and O–H groups in total. The molecule has 0 saturated heterocycles. The second kappa shape index (κ2) is 4.73. The van der Waals surface area contributed by atoms with Crippen molar-refractivity contribution < 1.29 is 0 Å². The summed E-state index contributed by atoms with van der Waals surface area (Å²) in [6, 6.07) is 18.8. The average molecular weight is 248 g/mol. The summed E-state index contributed by atoms with van der Waals surface area (Å²) in [6.07, 6.45) is 1.85.